The summed E-state index contributed by atoms with van der Waals surface area (Å²) in [6, 6.07) is 3.11. The van der Waals surface area contributed by atoms with E-state index in [1.165, 1.54) is 40.6 Å². The summed E-state index contributed by atoms with van der Waals surface area (Å²) >= 11 is 0. The minimum atomic E-state index is -1.18. The van der Waals surface area contributed by atoms with Crippen molar-refractivity contribution in [1.82, 2.24) is 29.3 Å². The Morgan fingerprint density at radius 2 is 1.90 bits per heavy atom. The summed E-state index contributed by atoms with van der Waals surface area (Å²) in [6.07, 6.45) is 8.50. The first kappa shape index (κ1) is 29.8. The van der Waals surface area contributed by atoms with Crippen LogP contribution < -0.4 is 10.9 Å². The van der Waals surface area contributed by atoms with Crippen molar-refractivity contribution >= 4 is 40.7 Å². The van der Waals surface area contributed by atoms with E-state index in [1.807, 2.05) is 19.9 Å². The third-order valence-corrected chi connectivity index (χ3v) is 5.71. The summed E-state index contributed by atoms with van der Waals surface area (Å²) in [5.41, 5.74) is 3.04. The van der Waals surface area contributed by atoms with Crippen LogP contribution in [0, 0.1) is 0 Å². The first-order chi connectivity index (χ1) is 19.0. The Morgan fingerprint density at radius 3 is 2.58 bits per heavy atom. The van der Waals surface area contributed by atoms with Gasteiger partial charge in [-0.15, -0.1) is 0 Å². The predicted molar refractivity (Wildman–Crippen MR) is 153 cm³/mol. The molecule has 212 valence electrons. The smallest absolute Gasteiger partial charge is 0.410 e. The molecule has 2 N–H and O–H groups in total. The normalized spacial score (nSPS) is 11.8. The molecule has 3 aromatic rings. The first-order valence-corrected chi connectivity index (χ1v) is 12.7. The van der Waals surface area contributed by atoms with E-state index in [-0.39, 0.29) is 24.6 Å². The second kappa shape index (κ2) is 13.4. The maximum absolute atomic E-state index is 13.2. The molecule has 0 fully saturated rings. The number of aromatic amines is 1. The van der Waals surface area contributed by atoms with Crippen LogP contribution in [0.1, 0.15) is 38.1 Å². The van der Waals surface area contributed by atoms with Crippen LogP contribution in [0.2, 0.25) is 0 Å². The van der Waals surface area contributed by atoms with Crippen LogP contribution in [0.15, 0.2) is 53.2 Å². The molecule has 0 radical (unpaired) electrons. The number of fused-ring (bicyclic) bond motifs is 1. The number of ether oxygens (including phenoxy) is 1. The van der Waals surface area contributed by atoms with E-state index in [9.17, 15) is 19.2 Å². The van der Waals surface area contributed by atoms with Crippen LogP contribution in [0.5, 0.6) is 0 Å². The monoisotopic (exact) mass is 549 g/mol. The van der Waals surface area contributed by atoms with Crippen molar-refractivity contribution in [3.63, 3.8) is 0 Å². The lowest BCUT2D eigenvalue weighted by molar-refractivity contribution is -0.125. The Hall–Kier alpha value is -4.74. The topological polar surface area (TPSA) is 143 Å². The van der Waals surface area contributed by atoms with Crippen molar-refractivity contribution in [3.05, 3.63) is 70.2 Å². The highest BCUT2D eigenvalue weighted by Gasteiger charge is 2.24. The number of rotatable bonds is 10. The Bertz CT molecular complexity index is 1500. The fraction of sp³-hybridized carbons (Fsp3) is 0.357. The second-order valence-corrected chi connectivity index (χ2v) is 9.85. The van der Waals surface area contributed by atoms with Crippen LogP contribution in [0.4, 0.5) is 10.5 Å². The maximum atomic E-state index is 13.2. The maximum Gasteiger partial charge on any atom is 0.410 e. The molecule has 3 amide bonds. The van der Waals surface area contributed by atoms with Crippen molar-refractivity contribution in [2.45, 2.75) is 39.3 Å². The standard InChI is InChI=1S/C28H35N7O5/c1-18(2)14-19-15-29-16-21-25(19)32-23(30-21)17-35-13-9-10-20(27(35)38)31-26(37)22(40-28(39)34(5)6)11-7-8-12-24(36)33(3)4/h8-10,12-16,22H,7,11,17H2,1-6H3,(H,30,32)(H,31,37). The zero-order valence-electron chi connectivity index (χ0n) is 23.6. The zero-order chi connectivity index (χ0) is 29.4. The van der Waals surface area contributed by atoms with Gasteiger partial charge in [-0.25, -0.2) is 9.78 Å². The Labute approximate surface area is 232 Å². The first-order valence-electron chi connectivity index (χ1n) is 12.7. The molecule has 0 saturated heterocycles. The quantitative estimate of drug-likeness (QED) is 0.370. The molecular weight excluding hydrogens is 514 g/mol. The zero-order valence-corrected chi connectivity index (χ0v) is 23.6. The number of amides is 3. The average Bonchev–Trinajstić information content (AvgIpc) is 3.31. The molecule has 1 unspecified atom stereocenters. The van der Waals surface area contributed by atoms with Gasteiger partial charge >= 0.3 is 6.09 Å². The molecule has 0 aliphatic carbocycles. The van der Waals surface area contributed by atoms with Gasteiger partial charge in [0.1, 0.15) is 11.5 Å². The van der Waals surface area contributed by atoms with Gasteiger partial charge in [-0.05, 0) is 44.9 Å². The van der Waals surface area contributed by atoms with Gasteiger partial charge in [-0.3, -0.25) is 19.4 Å². The number of carbonyl (C=O) groups excluding carboxylic acids is 3. The summed E-state index contributed by atoms with van der Waals surface area (Å²) in [6.45, 7) is 4.11. The number of anilines is 1. The molecule has 0 bridgehead atoms. The number of nitrogens with zero attached hydrogens (tertiary/aromatic N) is 5. The van der Waals surface area contributed by atoms with E-state index >= 15 is 0 Å². The Balaban J connectivity index is 1.78. The van der Waals surface area contributed by atoms with Gasteiger partial charge < -0.3 is 29.4 Å². The van der Waals surface area contributed by atoms with Crippen LogP contribution in [-0.4, -0.2) is 81.5 Å². The molecule has 0 aliphatic heterocycles. The number of H-pyrrole nitrogens is 1. The van der Waals surface area contributed by atoms with E-state index in [4.69, 9.17) is 4.74 Å². The molecule has 3 aromatic heterocycles. The fourth-order valence-corrected chi connectivity index (χ4v) is 3.68. The van der Waals surface area contributed by atoms with Gasteiger partial charge in [0.15, 0.2) is 6.10 Å². The molecule has 12 nitrogen and oxygen atoms in total. The van der Waals surface area contributed by atoms with E-state index < -0.39 is 23.7 Å². The summed E-state index contributed by atoms with van der Waals surface area (Å²) in [5, 5.41) is 2.59. The van der Waals surface area contributed by atoms with E-state index in [2.05, 4.69) is 20.3 Å². The Kier molecular flexibility index (Phi) is 9.96. The molecule has 3 heterocycles. The summed E-state index contributed by atoms with van der Waals surface area (Å²) in [5.74, 6) is -0.308. The molecule has 1 atom stereocenters. The molecule has 0 spiro atoms. The van der Waals surface area contributed by atoms with Gasteiger partial charge in [-0.2, -0.15) is 0 Å². The summed E-state index contributed by atoms with van der Waals surface area (Å²) in [7, 11) is 6.25. The lowest BCUT2D eigenvalue weighted by Crippen LogP contribution is -2.37. The number of carbonyl (C=O) groups is 3. The third-order valence-electron chi connectivity index (χ3n) is 5.71. The van der Waals surface area contributed by atoms with Crippen molar-refractivity contribution in [2.24, 2.45) is 0 Å². The van der Waals surface area contributed by atoms with Gasteiger partial charge in [0.25, 0.3) is 11.5 Å². The van der Waals surface area contributed by atoms with Crippen molar-refractivity contribution in [1.29, 1.82) is 0 Å². The molecule has 12 heteroatoms. The number of hydrogen-bond donors (Lipinski definition) is 2. The summed E-state index contributed by atoms with van der Waals surface area (Å²) < 4.78 is 6.76. The predicted octanol–water partition coefficient (Wildman–Crippen LogP) is 3.02. The van der Waals surface area contributed by atoms with Gasteiger partial charge in [0.05, 0.1) is 23.8 Å². The molecule has 0 saturated carbocycles. The largest absolute Gasteiger partial charge is 0.436 e. The average molecular weight is 550 g/mol. The van der Waals surface area contributed by atoms with Crippen LogP contribution in [0.3, 0.4) is 0 Å². The van der Waals surface area contributed by atoms with E-state index in [0.29, 0.717) is 12.2 Å². The Morgan fingerprint density at radius 1 is 1.15 bits per heavy atom. The van der Waals surface area contributed by atoms with Gasteiger partial charge in [0.2, 0.25) is 5.91 Å². The minimum Gasteiger partial charge on any atom is -0.436 e. The number of likely N-dealkylation sites (N-methyl/N-ethyl adjacent to an activating group) is 1. The number of allylic oxidation sites excluding steroid dienone is 2. The van der Waals surface area contributed by atoms with Gasteiger partial charge in [-0.1, -0.05) is 17.7 Å². The van der Waals surface area contributed by atoms with Crippen molar-refractivity contribution < 1.29 is 19.1 Å². The number of aromatic nitrogens is 4. The van der Waals surface area contributed by atoms with Crippen LogP contribution in [0.25, 0.3) is 17.1 Å². The molecule has 40 heavy (non-hydrogen) atoms. The molecule has 0 aliphatic rings. The number of nitrogens with one attached hydrogen (secondary N) is 2. The SMILES string of the molecule is CC(C)=Cc1cncc2[nH]c(Cn3cccc(NC(=O)C(CCC=CC(=O)N(C)C)OC(=O)N(C)C)c3=O)nc12. The van der Waals surface area contributed by atoms with E-state index in [1.54, 1.807) is 44.8 Å². The fourth-order valence-electron chi connectivity index (χ4n) is 3.68. The van der Waals surface area contributed by atoms with Crippen molar-refractivity contribution in [3.8, 4) is 0 Å². The lowest BCUT2D eigenvalue weighted by atomic mass is 10.1. The van der Waals surface area contributed by atoms with Gasteiger partial charge in [0, 0.05) is 46.1 Å². The number of imidazole rings is 1. The molecule has 3 rings (SSSR count). The third kappa shape index (κ3) is 7.88. The molecular formula is C28H35N7O5. The second-order valence-electron chi connectivity index (χ2n) is 9.85. The number of hydrogen-bond acceptors (Lipinski definition) is 7. The summed E-state index contributed by atoms with van der Waals surface area (Å²) in [4.78, 5) is 64.9. The van der Waals surface area contributed by atoms with E-state index in [0.717, 1.165) is 22.2 Å². The highest BCUT2D eigenvalue weighted by Crippen LogP contribution is 2.18. The van der Waals surface area contributed by atoms with Crippen LogP contribution in [-0.2, 0) is 20.9 Å². The highest BCUT2D eigenvalue weighted by molar-refractivity contribution is 5.95. The van der Waals surface area contributed by atoms with Crippen molar-refractivity contribution in [2.75, 3.05) is 33.5 Å². The minimum absolute atomic E-state index is 0.0275. The number of pyridine rings is 2. The lowest BCUT2D eigenvalue weighted by Gasteiger charge is -2.19. The molecule has 0 aromatic carbocycles. The van der Waals surface area contributed by atoms with Crippen LogP contribution >= 0.6 is 0 Å². The highest BCUT2D eigenvalue weighted by atomic mass is 16.6.